The van der Waals surface area contributed by atoms with Gasteiger partial charge < -0.3 is 21.8 Å². The molecule has 1 amide bonds. The van der Waals surface area contributed by atoms with Crippen molar-refractivity contribution in [2.24, 2.45) is 0 Å². The van der Waals surface area contributed by atoms with Crippen LogP contribution < -0.4 is 16.4 Å². The highest BCUT2D eigenvalue weighted by Gasteiger charge is 2.35. The Hall–Kier alpha value is -3.95. The van der Waals surface area contributed by atoms with Crippen LogP contribution in [0.25, 0.3) is 11.4 Å². The Balaban J connectivity index is 1.99. The number of nitrogens with two attached hydrogens (primary N) is 1. The number of anilines is 4. The van der Waals surface area contributed by atoms with Gasteiger partial charge in [0.1, 0.15) is 11.4 Å². The van der Waals surface area contributed by atoms with Crippen molar-refractivity contribution in [1.82, 2.24) is 9.97 Å². The van der Waals surface area contributed by atoms with Crippen LogP contribution in [0, 0.1) is 5.41 Å². The van der Waals surface area contributed by atoms with E-state index < -0.39 is 17.6 Å². The summed E-state index contributed by atoms with van der Waals surface area (Å²) >= 11 is 0. The topological polar surface area (TPSA) is 117 Å². The van der Waals surface area contributed by atoms with Crippen LogP contribution in [0.15, 0.2) is 48.7 Å². The number of rotatable bonds is 7. The van der Waals surface area contributed by atoms with E-state index in [1.54, 1.807) is 24.3 Å². The summed E-state index contributed by atoms with van der Waals surface area (Å²) in [6.07, 6.45) is -1.92. The monoisotopic (exact) mass is 442 g/mol. The molecule has 32 heavy (non-hydrogen) atoms. The number of benzene rings is 2. The van der Waals surface area contributed by atoms with Crippen LogP contribution in [-0.4, -0.2) is 22.1 Å². The summed E-state index contributed by atoms with van der Waals surface area (Å²) in [6.45, 7) is 1.88. The molecule has 0 aliphatic heterocycles. The smallest absolute Gasteiger partial charge is 0.398 e. The Morgan fingerprint density at radius 1 is 1.19 bits per heavy atom. The van der Waals surface area contributed by atoms with Crippen molar-refractivity contribution in [2.45, 2.75) is 25.9 Å². The van der Waals surface area contributed by atoms with Crippen molar-refractivity contribution in [3.8, 4) is 11.4 Å². The van der Waals surface area contributed by atoms with Gasteiger partial charge >= 0.3 is 6.18 Å². The second-order valence-corrected chi connectivity index (χ2v) is 6.95. The molecule has 0 saturated carbocycles. The summed E-state index contributed by atoms with van der Waals surface area (Å²) in [7, 11) is 0. The Morgan fingerprint density at radius 3 is 2.66 bits per heavy atom. The molecule has 0 saturated heterocycles. The molecule has 1 aromatic heterocycles. The van der Waals surface area contributed by atoms with Gasteiger partial charge in [-0.25, -0.2) is 9.97 Å². The van der Waals surface area contributed by atoms with E-state index in [0.29, 0.717) is 41.5 Å². The fourth-order valence-electron chi connectivity index (χ4n) is 2.92. The number of halogens is 3. The first-order valence-electron chi connectivity index (χ1n) is 9.72. The Kier molecular flexibility index (Phi) is 6.72. The zero-order chi connectivity index (χ0) is 23.3. The second kappa shape index (κ2) is 9.46. The largest absolute Gasteiger partial charge is 0.421 e. The van der Waals surface area contributed by atoms with E-state index >= 15 is 0 Å². The zero-order valence-corrected chi connectivity index (χ0v) is 17.1. The highest BCUT2D eigenvalue weighted by Crippen LogP contribution is 2.36. The van der Waals surface area contributed by atoms with Gasteiger partial charge in [0.25, 0.3) is 0 Å². The highest BCUT2D eigenvalue weighted by atomic mass is 19.4. The van der Waals surface area contributed by atoms with E-state index in [1.165, 1.54) is 18.2 Å². The zero-order valence-electron chi connectivity index (χ0n) is 17.1. The van der Waals surface area contributed by atoms with Crippen LogP contribution in [-0.2, 0) is 11.0 Å². The molecule has 7 nitrogen and oxygen atoms in total. The van der Waals surface area contributed by atoms with Crippen LogP contribution >= 0.6 is 0 Å². The van der Waals surface area contributed by atoms with Crippen molar-refractivity contribution < 1.29 is 18.0 Å². The maximum atomic E-state index is 13.6. The van der Waals surface area contributed by atoms with Gasteiger partial charge in [-0.3, -0.25) is 4.79 Å². The Morgan fingerprint density at radius 2 is 1.97 bits per heavy atom. The maximum absolute atomic E-state index is 13.6. The minimum absolute atomic E-state index is 0.0508. The molecule has 0 aliphatic carbocycles. The Labute approximate surface area is 182 Å². The first-order valence-corrected chi connectivity index (χ1v) is 9.72. The van der Waals surface area contributed by atoms with E-state index in [1.807, 2.05) is 6.92 Å². The molecular formula is C22H21F3N6O. The lowest BCUT2D eigenvalue weighted by molar-refractivity contribution is -0.137. The fourth-order valence-corrected chi connectivity index (χ4v) is 2.92. The van der Waals surface area contributed by atoms with E-state index in [4.69, 9.17) is 11.1 Å². The third-order valence-electron chi connectivity index (χ3n) is 4.48. The van der Waals surface area contributed by atoms with Gasteiger partial charge in [0.15, 0.2) is 5.82 Å². The van der Waals surface area contributed by atoms with Gasteiger partial charge in [0.2, 0.25) is 5.91 Å². The minimum Gasteiger partial charge on any atom is -0.398 e. The van der Waals surface area contributed by atoms with Crippen molar-refractivity contribution in [2.75, 3.05) is 16.4 Å². The Bertz CT molecular complexity index is 1150. The number of hydrogen-bond donors (Lipinski definition) is 4. The number of aromatic nitrogens is 2. The maximum Gasteiger partial charge on any atom is 0.421 e. The lowest BCUT2D eigenvalue weighted by atomic mass is 10.1. The predicted octanol–water partition coefficient (Wildman–Crippen LogP) is 5.22. The quantitative estimate of drug-likeness (QED) is 0.295. The van der Waals surface area contributed by atoms with Crippen molar-refractivity contribution in [3.05, 3.63) is 59.8 Å². The molecule has 166 valence electrons. The normalized spacial score (nSPS) is 11.1. The summed E-state index contributed by atoms with van der Waals surface area (Å²) in [6, 6.07) is 11.0. The number of hydrogen-bond acceptors (Lipinski definition) is 6. The number of alkyl halides is 3. The molecule has 0 unspecified atom stereocenters. The minimum atomic E-state index is -4.69. The van der Waals surface area contributed by atoms with E-state index in [2.05, 4.69) is 20.6 Å². The van der Waals surface area contributed by atoms with Crippen LogP contribution in [0.4, 0.5) is 36.1 Å². The first kappa shape index (κ1) is 22.7. The molecule has 3 aromatic rings. The molecule has 3 rings (SSSR count). The van der Waals surface area contributed by atoms with Crippen LogP contribution in [0.3, 0.4) is 0 Å². The lowest BCUT2D eigenvalue weighted by Crippen LogP contribution is -2.12. The number of carbonyl (C=O) groups excluding carboxylic acids is 1. The molecule has 5 N–H and O–H groups in total. The molecule has 0 bridgehead atoms. The second-order valence-electron chi connectivity index (χ2n) is 6.95. The van der Waals surface area contributed by atoms with Crippen LogP contribution in [0.2, 0.25) is 0 Å². The summed E-state index contributed by atoms with van der Waals surface area (Å²) in [4.78, 5) is 19.8. The molecule has 10 heteroatoms. The molecule has 1 heterocycles. The standard InChI is InChI=1S/C22H21F3N6O/c1-2-4-19(32)29-15-6-3-5-13(9-15)20-28-12-17(22(23,24)25)21(31-20)30-16-7-8-18(27)14(10-16)11-26/h3,5-12,26H,2,4,27H2,1H3,(H,29,32)(H,28,30,31). The SMILES string of the molecule is CCCC(=O)Nc1cccc(-c2ncc(C(F)(F)F)c(Nc3ccc(N)c(C=N)c3)n2)c1. The predicted molar refractivity (Wildman–Crippen MR) is 118 cm³/mol. The van der Waals surface area contributed by atoms with Gasteiger partial charge in [0, 0.05) is 47.0 Å². The van der Waals surface area contributed by atoms with Gasteiger partial charge in [-0.05, 0) is 36.8 Å². The molecular weight excluding hydrogens is 421 g/mol. The number of nitrogens with zero attached hydrogens (tertiary/aromatic N) is 2. The average molecular weight is 442 g/mol. The number of amides is 1. The summed E-state index contributed by atoms with van der Waals surface area (Å²) in [5.74, 6) is -0.552. The van der Waals surface area contributed by atoms with Crippen molar-refractivity contribution >= 4 is 35.0 Å². The number of nitrogen functional groups attached to an aromatic ring is 1. The lowest BCUT2D eigenvalue weighted by Gasteiger charge is -2.15. The van der Waals surface area contributed by atoms with E-state index in [9.17, 15) is 18.0 Å². The van der Waals surface area contributed by atoms with Crippen molar-refractivity contribution in [1.29, 1.82) is 5.41 Å². The van der Waals surface area contributed by atoms with Crippen LogP contribution in [0.5, 0.6) is 0 Å². The van der Waals surface area contributed by atoms with Crippen LogP contribution in [0.1, 0.15) is 30.9 Å². The number of carbonyl (C=O) groups is 1. The fraction of sp³-hybridized carbons (Fsp3) is 0.182. The molecule has 0 aliphatic rings. The van der Waals surface area contributed by atoms with Gasteiger partial charge in [0.05, 0.1) is 0 Å². The number of nitrogens with one attached hydrogen (secondary N) is 3. The highest BCUT2D eigenvalue weighted by molar-refractivity contribution is 5.91. The van der Waals surface area contributed by atoms with Gasteiger partial charge in [-0.1, -0.05) is 19.1 Å². The first-order chi connectivity index (χ1) is 15.2. The third kappa shape index (κ3) is 5.39. The molecule has 0 spiro atoms. The summed E-state index contributed by atoms with van der Waals surface area (Å²) in [5.41, 5.74) is 6.60. The molecule has 2 aromatic carbocycles. The molecule has 0 radical (unpaired) electrons. The van der Waals surface area contributed by atoms with Crippen molar-refractivity contribution in [3.63, 3.8) is 0 Å². The van der Waals surface area contributed by atoms with Gasteiger partial charge in [-0.15, -0.1) is 0 Å². The summed E-state index contributed by atoms with van der Waals surface area (Å²) in [5, 5.41) is 12.8. The van der Waals surface area contributed by atoms with E-state index in [-0.39, 0.29) is 17.4 Å². The molecule has 0 fully saturated rings. The van der Waals surface area contributed by atoms with Gasteiger partial charge in [-0.2, -0.15) is 13.2 Å². The van der Waals surface area contributed by atoms with E-state index in [0.717, 1.165) is 6.21 Å². The third-order valence-corrected chi connectivity index (χ3v) is 4.48. The molecule has 0 atom stereocenters. The summed E-state index contributed by atoms with van der Waals surface area (Å²) < 4.78 is 40.7. The average Bonchev–Trinajstić information content (AvgIpc) is 2.74.